The summed E-state index contributed by atoms with van der Waals surface area (Å²) in [6, 6.07) is 17.1. The van der Waals surface area contributed by atoms with E-state index in [9.17, 15) is 4.79 Å². The number of hydrogen-bond donors (Lipinski definition) is 0. The van der Waals surface area contributed by atoms with Gasteiger partial charge in [0.1, 0.15) is 12.4 Å². The molecule has 0 radical (unpaired) electrons. The van der Waals surface area contributed by atoms with E-state index in [-0.39, 0.29) is 5.97 Å². The van der Waals surface area contributed by atoms with Crippen LogP contribution in [0.5, 0.6) is 5.75 Å². The van der Waals surface area contributed by atoms with E-state index in [1.54, 1.807) is 0 Å². The molecule has 0 atom stereocenters. The fourth-order valence-corrected chi connectivity index (χ4v) is 4.51. The first-order chi connectivity index (χ1) is 14.8. The summed E-state index contributed by atoms with van der Waals surface area (Å²) >= 11 is 0. The minimum absolute atomic E-state index is 0.0731. The maximum Gasteiger partial charge on any atom is 0.305 e. The van der Waals surface area contributed by atoms with Crippen molar-refractivity contribution in [2.45, 2.75) is 45.6 Å². The summed E-state index contributed by atoms with van der Waals surface area (Å²) in [5.41, 5.74) is 6.71. The lowest BCUT2D eigenvalue weighted by Gasteiger charge is -2.30. The van der Waals surface area contributed by atoms with Crippen LogP contribution in [0.4, 0.5) is 0 Å². The number of benzene rings is 2. The Balaban J connectivity index is 1.45. The summed E-state index contributed by atoms with van der Waals surface area (Å²) in [6.07, 6.45) is 4.64. The van der Waals surface area contributed by atoms with Crippen LogP contribution in [-0.4, -0.2) is 37.1 Å². The van der Waals surface area contributed by atoms with Crippen LogP contribution in [0.3, 0.4) is 0 Å². The number of carbonyl (C=O) groups excluding carboxylic acids is 1. The lowest BCUT2D eigenvalue weighted by Crippen LogP contribution is -2.32. The van der Waals surface area contributed by atoms with Gasteiger partial charge in [-0.05, 0) is 61.9 Å². The number of rotatable bonds is 6. The van der Waals surface area contributed by atoms with E-state index < -0.39 is 0 Å². The van der Waals surface area contributed by atoms with Crippen LogP contribution in [0.2, 0.25) is 0 Å². The number of piperidine rings is 1. The molecule has 0 aliphatic carbocycles. The normalized spacial score (nSPS) is 16.3. The number of nitrogens with zero attached hydrogens (tertiary/aromatic N) is 1. The highest BCUT2D eigenvalue weighted by Gasteiger charge is 2.24. The Morgan fingerprint density at radius 3 is 2.53 bits per heavy atom. The van der Waals surface area contributed by atoms with Gasteiger partial charge in [0, 0.05) is 25.1 Å². The van der Waals surface area contributed by atoms with Crippen LogP contribution >= 0.6 is 0 Å². The molecular weight excluding hydrogens is 374 g/mol. The predicted octanol–water partition coefficient (Wildman–Crippen LogP) is 5.21. The summed E-state index contributed by atoms with van der Waals surface area (Å²) in [6.45, 7) is 6.15. The van der Waals surface area contributed by atoms with E-state index >= 15 is 0 Å². The molecule has 1 fully saturated rings. The second-order valence-electron chi connectivity index (χ2n) is 8.02. The van der Waals surface area contributed by atoms with Gasteiger partial charge in [-0.15, -0.1) is 0 Å². The molecule has 4 rings (SSSR count). The number of ether oxygens (including phenoxy) is 2. The molecule has 1 saturated heterocycles. The van der Waals surface area contributed by atoms with Crippen molar-refractivity contribution in [1.82, 2.24) is 4.90 Å². The van der Waals surface area contributed by atoms with Crippen LogP contribution in [0.15, 0.2) is 54.1 Å². The van der Waals surface area contributed by atoms with Crippen molar-refractivity contribution in [3.8, 4) is 5.75 Å². The number of hydrogen-bond acceptors (Lipinski definition) is 4. The summed E-state index contributed by atoms with van der Waals surface area (Å²) in [5.74, 6) is 0.911. The van der Waals surface area contributed by atoms with Gasteiger partial charge in [-0.3, -0.25) is 4.79 Å². The number of esters is 1. The molecule has 0 saturated carbocycles. The Kier molecular flexibility index (Phi) is 6.85. The van der Waals surface area contributed by atoms with Gasteiger partial charge in [-0.25, -0.2) is 0 Å². The molecule has 0 N–H and O–H groups in total. The zero-order valence-electron chi connectivity index (χ0n) is 17.9. The summed E-state index contributed by atoms with van der Waals surface area (Å²) in [5, 5.41) is 0. The van der Waals surface area contributed by atoms with E-state index in [0.717, 1.165) is 51.1 Å². The van der Waals surface area contributed by atoms with E-state index in [0.29, 0.717) is 19.6 Å². The maximum absolute atomic E-state index is 11.5. The monoisotopic (exact) mass is 405 g/mol. The van der Waals surface area contributed by atoms with Gasteiger partial charge in [-0.1, -0.05) is 48.0 Å². The number of carbonyl (C=O) groups is 1. The van der Waals surface area contributed by atoms with Crippen molar-refractivity contribution >= 4 is 11.5 Å². The minimum Gasteiger partial charge on any atom is -0.488 e. The highest BCUT2D eigenvalue weighted by atomic mass is 16.5. The quantitative estimate of drug-likeness (QED) is 0.488. The average Bonchev–Trinajstić information content (AvgIpc) is 2.94. The van der Waals surface area contributed by atoms with Gasteiger partial charge in [0.2, 0.25) is 0 Å². The highest BCUT2D eigenvalue weighted by Crippen LogP contribution is 2.40. The number of para-hydroxylation sites is 1. The molecule has 0 spiro atoms. The Labute approximate surface area is 179 Å². The molecule has 4 nitrogen and oxygen atoms in total. The van der Waals surface area contributed by atoms with Gasteiger partial charge >= 0.3 is 5.97 Å². The van der Waals surface area contributed by atoms with Crippen molar-refractivity contribution in [1.29, 1.82) is 0 Å². The number of unbranched alkanes of at least 4 members (excludes halogenated alkanes) is 1. The molecule has 0 amide bonds. The molecular formula is C26H31NO3. The molecule has 2 aliphatic heterocycles. The zero-order valence-corrected chi connectivity index (χ0v) is 17.9. The average molecular weight is 406 g/mol. The van der Waals surface area contributed by atoms with Gasteiger partial charge in [0.15, 0.2) is 0 Å². The Morgan fingerprint density at radius 1 is 1.00 bits per heavy atom. The van der Waals surface area contributed by atoms with Crippen molar-refractivity contribution in [3.63, 3.8) is 0 Å². The molecule has 2 aromatic rings. The lowest BCUT2D eigenvalue weighted by atomic mass is 9.86. The number of likely N-dealkylation sites (tertiary alicyclic amines) is 1. The Hall–Kier alpha value is -2.59. The second kappa shape index (κ2) is 9.94. The second-order valence-corrected chi connectivity index (χ2v) is 8.02. The summed E-state index contributed by atoms with van der Waals surface area (Å²) in [4.78, 5) is 14.0. The van der Waals surface area contributed by atoms with Gasteiger partial charge in [0.25, 0.3) is 0 Å². The SMILES string of the molecule is CCOC(=O)CCCCN1CCC(=C2c3ccccc3COc3ccccc32)CC1. The third-order valence-corrected chi connectivity index (χ3v) is 6.05. The van der Waals surface area contributed by atoms with E-state index in [1.807, 2.05) is 6.92 Å². The number of fused-ring (bicyclic) bond motifs is 2. The molecule has 0 aromatic heterocycles. The molecule has 2 heterocycles. The minimum atomic E-state index is -0.0731. The van der Waals surface area contributed by atoms with Crippen molar-refractivity contribution in [2.24, 2.45) is 0 Å². The summed E-state index contributed by atoms with van der Waals surface area (Å²) in [7, 11) is 0. The molecule has 0 unspecified atom stereocenters. The fourth-order valence-electron chi connectivity index (χ4n) is 4.51. The Morgan fingerprint density at radius 2 is 1.73 bits per heavy atom. The van der Waals surface area contributed by atoms with Gasteiger partial charge in [-0.2, -0.15) is 0 Å². The zero-order chi connectivity index (χ0) is 20.8. The molecule has 2 aliphatic rings. The topological polar surface area (TPSA) is 38.8 Å². The highest BCUT2D eigenvalue weighted by molar-refractivity contribution is 5.87. The Bertz CT molecular complexity index is 858. The van der Waals surface area contributed by atoms with Crippen LogP contribution in [0.1, 0.15) is 55.7 Å². The van der Waals surface area contributed by atoms with Gasteiger partial charge < -0.3 is 14.4 Å². The molecule has 158 valence electrons. The molecule has 30 heavy (non-hydrogen) atoms. The predicted molar refractivity (Wildman–Crippen MR) is 119 cm³/mol. The first-order valence-electron chi connectivity index (χ1n) is 11.2. The standard InChI is InChI=1S/C26H31NO3/c1-2-29-25(28)13-7-8-16-27-17-14-20(15-18-27)26-22-10-4-3-9-21(22)19-30-24-12-6-5-11-23(24)26/h3-6,9-12H,2,7-8,13-19H2,1H3. The van der Waals surface area contributed by atoms with E-state index in [2.05, 4.69) is 53.4 Å². The smallest absolute Gasteiger partial charge is 0.305 e. The van der Waals surface area contributed by atoms with Crippen LogP contribution in [0.25, 0.3) is 5.57 Å². The van der Waals surface area contributed by atoms with Crippen molar-refractivity contribution in [3.05, 3.63) is 70.8 Å². The first-order valence-corrected chi connectivity index (χ1v) is 11.2. The lowest BCUT2D eigenvalue weighted by molar-refractivity contribution is -0.143. The third kappa shape index (κ3) is 4.76. The van der Waals surface area contributed by atoms with Crippen LogP contribution in [0, 0.1) is 0 Å². The first kappa shape index (κ1) is 20.7. The van der Waals surface area contributed by atoms with Crippen molar-refractivity contribution < 1.29 is 14.3 Å². The van der Waals surface area contributed by atoms with Crippen LogP contribution in [-0.2, 0) is 16.1 Å². The fraction of sp³-hybridized carbons (Fsp3) is 0.423. The third-order valence-electron chi connectivity index (χ3n) is 6.05. The maximum atomic E-state index is 11.5. The van der Waals surface area contributed by atoms with Gasteiger partial charge in [0.05, 0.1) is 6.61 Å². The summed E-state index contributed by atoms with van der Waals surface area (Å²) < 4.78 is 11.2. The molecule has 2 aromatic carbocycles. The van der Waals surface area contributed by atoms with E-state index in [1.165, 1.54) is 27.8 Å². The van der Waals surface area contributed by atoms with Crippen molar-refractivity contribution in [2.75, 3.05) is 26.2 Å². The molecule has 4 heteroatoms. The van der Waals surface area contributed by atoms with E-state index in [4.69, 9.17) is 9.47 Å². The van der Waals surface area contributed by atoms with Crippen LogP contribution < -0.4 is 4.74 Å². The largest absolute Gasteiger partial charge is 0.488 e. The molecule has 0 bridgehead atoms.